The molecule has 1 heterocycles. The van der Waals surface area contributed by atoms with Gasteiger partial charge >= 0.3 is 23.9 Å². The topological polar surface area (TPSA) is 231 Å². The predicted octanol–water partition coefficient (Wildman–Crippen LogP) is 3.74. The molecule has 7 rings (SSSR count). The minimum Gasteiger partial charge on any atom is -0.497 e. The van der Waals surface area contributed by atoms with Gasteiger partial charge in [0.25, 0.3) is 5.91 Å². The van der Waals surface area contributed by atoms with Crippen LogP contribution in [-0.2, 0) is 42.9 Å². The average Bonchev–Trinajstić information content (AvgIpc) is 3.26. The van der Waals surface area contributed by atoms with Gasteiger partial charge in [-0.1, -0.05) is 62.4 Å². The number of ether oxygens (including phenoxy) is 6. The number of hydrogen-bond donors (Lipinski definition) is 4. The summed E-state index contributed by atoms with van der Waals surface area (Å²) in [6.07, 6.45) is -10.7. The molecule has 3 fully saturated rings. The molecule has 0 aromatic heterocycles. The van der Waals surface area contributed by atoms with E-state index in [1.165, 1.54) is 33.1 Å². The molecule has 1 saturated heterocycles. The minimum atomic E-state index is -2.41. The van der Waals surface area contributed by atoms with Gasteiger partial charge in [-0.15, -0.1) is 0 Å². The summed E-state index contributed by atoms with van der Waals surface area (Å²) >= 11 is 0. The molecule has 2 bridgehead atoms. The van der Waals surface area contributed by atoms with E-state index >= 15 is 4.79 Å². The van der Waals surface area contributed by atoms with E-state index in [1.807, 2.05) is 0 Å². The Morgan fingerprint density at radius 3 is 2.00 bits per heavy atom. The Labute approximate surface area is 369 Å². The second-order valence-corrected chi connectivity index (χ2v) is 17.7. The van der Waals surface area contributed by atoms with E-state index in [0.717, 1.165) is 13.8 Å². The number of benzene rings is 3. The normalized spacial score (nSPS) is 31.2. The van der Waals surface area contributed by atoms with Crippen molar-refractivity contribution in [3.8, 4) is 5.75 Å². The molecule has 2 saturated carbocycles. The molecule has 64 heavy (non-hydrogen) atoms. The average molecular weight is 884 g/mol. The van der Waals surface area contributed by atoms with Crippen LogP contribution in [0.2, 0.25) is 0 Å². The van der Waals surface area contributed by atoms with Crippen molar-refractivity contribution in [1.29, 1.82) is 0 Å². The van der Waals surface area contributed by atoms with Crippen molar-refractivity contribution < 1.29 is 72.5 Å². The van der Waals surface area contributed by atoms with Gasteiger partial charge in [0.05, 0.1) is 42.8 Å². The number of fused-ring (bicyclic) bond motifs is 5. The number of methoxy groups -OCH3 is 1. The minimum absolute atomic E-state index is 0.0148. The van der Waals surface area contributed by atoms with Crippen molar-refractivity contribution in [2.45, 2.75) is 108 Å². The highest BCUT2D eigenvalue weighted by Gasteiger charge is 2.78. The number of hydrogen-bond acceptors (Lipinski definition) is 15. The van der Waals surface area contributed by atoms with Crippen molar-refractivity contribution in [2.75, 3.05) is 13.7 Å². The number of ketones is 1. The molecule has 1 aliphatic heterocycles. The van der Waals surface area contributed by atoms with E-state index in [1.54, 1.807) is 86.6 Å². The fraction of sp³-hybridized carbons (Fsp3) is 0.458. The van der Waals surface area contributed by atoms with Gasteiger partial charge in [0.1, 0.15) is 29.7 Å². The van der Waals surface area contributed by atoms with Crippen LogP contribution in [0.15, 0.2) is 96.1 Å². The number of aliphatic hydroxyl groups is 3. The van der Waals surface area contributed by atoms with E-state index in [9.17, 15) is 39.3 Å². The summed E-state index contributed by atoms with van der Waals surface area (Å²) in [5, 5.41) is 40.4. The van der Waals surface area contributed by atoms with Crippen LogP contribution in [0.25, 0.3) is 0 Å². The number of aliphatic hydroxyl groups excluding tert-OH is 2. The lowest BCUT2D eigenvalue weighted by molar-refractivity contribution is -0.346. The molecule has 0 spiro atoms. The van der Waals surface area contributed by atoms with Gasteiger partial charge in [-0.05, 0) is 67.0 Å². The summed E-state index contributed by atoms with van der Waals surface area (Å²) < 4.78 is 35.6. The van der Waals surface area contributed by atoms with Gasteiger partial charge in [0, 0.05) is 37.7 Å². The third-order valence-corrected chi connectivity index (χ3v) is 13.8. The fourth-order valence-electron chi connectivity index (χ4n) is 10.3. The van der Waals surface area contributed by atoms with E-state index in [-0.39, 0.29) is 35.3 Å². The Morgan fingerprint density at radius 1 is 0.844 bits per heavy atom. The van der Waals surface area contributed by atoms with Crippen molar-refractivity contribution in [3.05, 3.63) is 113 Å². The maximum absolute atomic E-state index is 15.5. The van der Waals surface area contributed by atoms with Crippen molar-refractivity contribution in [3.63, 3.8) is 0 Å². The zero-order chi connectivity index (χ0) is 46.5. The van der Waals surface area contributed by atoms with Crippen LogP contribution < -0.4 is 10.1 Å². The van der Waals surface area contributed by atoms with Gasteiger partial charge in [-0.2, -0.15) is 0 Å². The van der Waals surface area contributed by atoms with Crippen molar-refractivity contribution in [2.24, 2.45) is 16.7 Å². The van der Waals surface area contributed by atoms with E-state index in [0.29, 0.717) is 11.3 Å². The zero-order valence-electron chi connectivity index (χ0n) is 36.6. The molecule has 4 aliphatic rings. The standard InChI is InChI=1S/C48H53NO15/c1-25-32(62-44(57)37(53)36(28-18-20-31(59-7)21-19-28)49-42(55)29-14-10-8-11-15-29)23-48(58)41(63-43(56)30-16-12-9-13-17-30)39-46(6,33(52)22-34-47(39,24-60-34)64-27(3)51)40(54)38(61-26(2)50)35(25)45(48,4)5/h8-21,32-34,36-39,41,52-53,58H,22-24H2,1-7H3,(H,49,55)/t32-,33-,34?,36+,37+,38+,39-,41-,46+,47-,48+/m0/s1. The molecule has 16 heteroatoms. The maximum atomic E-state index is 15.5. The molecule has 4 N–H and O–H groups in total. The summed E-state index contributed by atoms with van der Waals surface area (Å²) in [5.41, 5.74) is -7.19. The van der Waals surface area contributed by atoms with Crippen LogP contribution in [0, 0.1) is 16.7 Å². The first-order chi connectivity index (χ1) is 30.2. The second kappa shape index (κ2) is 17.2. The lowest BCUT2D eigenvalue weighted by Crippen LogP contribution is -2.82. The monoisotopic (exact) mass is 883 g/mol. The molecular weight excluding hydrogens is 831 g/mol. The highest BCUT2D eigenvalue weighted by molar-refractivity contribution is 5.96. The summed E-state index contributed by atoms with van der Waals surface area (Å²) in [4.78, 5) is 83.8. The van der Waals surface area contributed by atoms with Crippen molar-refractivity contribution >= 4 is 35.6 Å². The molecule has 3 aromatic carbocycles. The molecule has 11 atom stereocenters. The first kappa shape index (κ1) is 46.1. The van der Waals surface area contributed by atoms with Crippen LogP contribution >= 0.6 is 0 Å². The Kier molecular flexibility index (Phi) is 12.4. The Balaban J connectivity index is 1.38. The first-order valence-corrected chi connectivity index (χ1v) is 21.0. The number of esters is 4. The van der Waals surface area contributed by atoms with Crippen LogP contribution in [-0.4, -0.2) is 112 Å². The maximum Gasteiger partial charge on any atom is 0.338 e. The van der Waals surface area contributed by atoms with Gasteiger partial charge in [-0.25, -0.2) is 9.59 Å². The number of nitrogens with one attached hydrogen (secondary N) is 1. The largest absolute Gasteiger partial charge is 0.497 e. The number of rotatable bonds is 11. The summed E-state index contributed by atoms with van der Waals surface area (Å²) in [6, 6.07) is 20.8. The van der Waals surface area contributed by atoms with Gasteiger partial charge in [0.2, 0.25) is 0 Å². The van der Waals surface area contributed by atoms with E-state index in [2.05, 4.69) is 5.32 Å². The quantitative estimate of drug-likeness (QED) is 0.122. The lowest BCUT2D eigenvalue weighted by atomic mass is 9.44. The van der Waals surface area contributed by atoms with Gasteiger partial charge in [-0.3, -0.25) is 19.2 Å². The summed E-state index contributed by atoms with van der Waals surface area (Å²) in [6.45, 7) is 7.94. The summed E-state index contributed by atoms with van der Waals surface area (Å²) in [7, 11) is 1.46. The smallest absolute Gasteiger partial charge is 0.338 e. The highest BCUT2D eigenvalue weighted by atomic mass is 16.6. The van der Waals surface area contributed by atoms with Gasteiger partial charge < -0.3 is 49.1 Å². The number of carbonyl (C=O) groups is 6. The highest BCUT2D eigenvalue weighted by Crippen LogP contribution is 2.64. The third kappa shape index (κ3) is 7.65. The molecular formula is C48H53NO15. The second-order valence-electron chi connectivity index (χ2n) is 17.7. The number of Topliss-reactive ketones (excluding diaryl/α,β-unsaturated/α-hetero) is 1. The SMILES string of the molecule is COc1ccc([C@@H](NC(=O)c2ccccc2)[C@@H](O)C(=O)O[C@H]2C[C@@]3(O)[C@@H](OC(=O)c4ccccc4)[C@H]4[C@](C)(C(=O)[C@H](OC(C)=O)C(=C2C)C3(C)C)[C@@H](O)CC2OC[C@]24OC(C)=O)cc1. The van der Waals surface area contributed by atoms with Crippen LogP contribution in [0.5, 0.6) is 5.75 Å². The van der Waals surface area contributed by atoms with E-state index < -0.39 is 113 Å². The molecule has 3 aromatic rings. The van der Waals surface area contributed by atoms with E-state index in [4.69, 9.17) is 28.4 Å². The zero-order valence-corrected chi connectivity index (χ0v) is 36.6. The number of amides is 1. The molecule has 340 valence electrons. The molecule has 1 amide bonds. The summed E-state index contributed by atoms with van der Waals surface area (Å²) in [5.74, 6) is -6.47. The van der Waals surface area contributed by atoms with Crippen LogP contribution in [0.1, 0.15) is 86.7 Å². The van der Waals surface area contributed by atoms with Crippen LogP contribution in [0.3, 0.4) is 0 Å². The third-order valence-electron chi connectivity index (χ3n) is 13.8. The first-order valence-electron chi connectivity index (χ1n) is 21.0. The van der Waals surface area contributed by atoms with Crippen LogP contribution in [0.4, 0.5) is 0 Å². The predicted molar refractivity (Wildman–Crippen MR) is 224 cm³/mol. The fourth-order valence-corrected chi connectivity index (χ4v) is 10.3. The number of carbonyl (C=O) groups excluding carboxylic acids is 6. The Bertz CT molecular complexity index is 2350. The molecule has 1 unspecified atom stereocenters. The Morgan fingerprint density at radius 2 is 1.45 bits per heavy atom. The van der Waals surface area contributed by atoms with Crippen molar-refractivity contribution in [1.82, 2.24) is 5.32 Å². The molecule has 0 radical (unpaired) electrons. The lowest BCUT2D eigenvalue weighted by Gasteiger charge is -2.67. The van der Waals surface area contributed by atoms with Gasteiger partial charge in [0.15, 0.2) is 23.6 Å². The Hall–Kier alpha value is -5.94. The molecule has 16 nitrogen and oxygen atoms in total. The molecule has 3 aliphatic carbocycles.